The van der Waals surface area contributed by atoms with Crippen LogP contribution in [0.4, 0.5) is 0 Å². The lowest BCUT2D eigenvalue weighted by molar-refractivity contribution is 0.0722. The van der Waals surface area contributed by atoms with E-state index >= 15 is 0 Å². The van der Waals surface area contributed by atoms with Gasteiger partial charge >= 0.3 is 10.1 Å². The molecule has 2 aromatic rings. The molecule has 0 bridgehead atoms. The van der Waals surface area contributed by atoms with Crippen LogP contribution in [-0.2, 0) is 16.7 Å². The normalized spacial score (nSPS) is 11.4. The van der Waals surface area contributed by atoms with E-state index < -0.39 is 10.1 Å². The summed E-state index contributed by atoms with van der Waals surface area (Å²) >= 11 is 0. The summed E-state index contributed by atoms with van der Waals surface area (Å²) in [7, 11) is -3.58. The summed E-state index contributed by atoms with van der Waals surface area (Å²) in [4.78, 5) is 14.7. The van der Waals surface area contributed by atoms with Gasteiger partial charge in [0.15, 0.2) is 0 Å². The molecule has 0 spiro atoms. The minimum Gasteiger partial charge on any atom is -0.382 e. The Morgan fingerprint density at radius 2 is 1.78 bits per heavy atom. The number of aryl methyl sites for hydroxylation is 1. The van der Waals surface area contributed by atoms with Gasteiger partial charge in [-0.1, -0.05) is 43.7 Å². The number of carbonyl (C=O) groups excluding carboxylic acids is 1. The molecule has 1 amide bonds. The van der Waals surface area contributed by atoms with Crippen LogP contribution in [0.3, 0.4) is 0 Å². The van der Waals surface area contributed by atoms with E-state index in [1.54, 1.807) is 23.1 Å². The van der Waals surface area contributed by atoms with Gasteiger partial charge in [-0.3, -0.25) is 4.79 Å². The Morgan fingerprint density at radius 3 is 2.37 bits per heavy atom. The van der Waals surface area contributed by atoms with E-state index in [9.17, 15) is 13.2 Å². The molecule has 146 valence electrons. The molecule has 0 aliphatic heterocycles. The van der Waals surface area contributed by atoms with Crippen molar-refractivity contribution in [2.75, 3.05) is 12.3 Å². The van der Waals surface area contributed by atoms with E-state index in [1.165, 1.54) is 6.92 Å². The second-order valence-corrected chi connectivity index (χ2v) is 8.88. The molecule has 0 fully saturated rings. The number of rotatable bonds is 8. The van der Waals surface area contributed by atoms with Gasteiger partial charge in [-0.15, -0.1) is 0 Å². The van der Waals surface area contributed by atoms with Crippen molar-refractivity contribution in [1.29, 1.82) is 0 Å². The zero-order chi connectivity index (χ0) is 20.0. The lowest BCUT2D eigenvalue weighted by Gasteiger charge is -2.25. The fraction of sp³-hybridized carbons (Fsp3) is 0.381. The molecule has 6 heteroatoms. The largest absolute Gasteiger partial charge is 0.382 e. The van der Waals surface area contributed by atoms with Crippen LogP contribution in [0.25, 0.3) is 0 Å². The lowest BCUT2D eigenvalue weighted by atomic mass is 10.1. The van der Waals surface area contributed by atoms with Crippen molar-refractivity contribution in [3.05, 3.63) is 65.2 Å². The first-order valence-electron chi connectivity index (χ1n) is 9.07. The molecule has 0 atom stereocenters. The summed E-state index contributed by atoms with van der Waals surface area (Å²) < 4.78 is 28.4. The maximum Gasteiger partial charge on any atom is 0.308 e. The SMILES string of the molecule is CCS(=O)(=O)Oc1cccc(CN(CC(C)C)C(=O)c2ccc(C)cc2)c1. The Kier molecular flexibility index (Phi) is 7.02. The molecule has 0 saturated carbocycles. The molecular formula is C21H27NO4S. The summed E-state index contributed by atoms with van der Waals surface area (Å²) in [5.41, 5.74) is 2.56. The molecule has 0 N–H and O–H groups in total. The van der Waals surface area contributed by atoms with Gasteiger partial charge in [0.1, 0.15) is 5.75 Å². The topological polar surface area (TPSA) is 63.7 Å². The maximum atomic E-state index is 13.0. The predicted octanol–water partition coefficient (Wildman–Crippen LogP) is 4.02. The first kappa shape index (κ1) is 21.0. The third kappa shape index (κ3) is 6.40. The molecular weight excluding hydrogens is 362 g/mol. The fourth-order valence-corrected chi connectivity index (χ4v) is 3.18. The summed E-state index contributed by atoms with van der Waals surface area (Å²) in [6.45, 7) is 8.62. The van der Waals surface area contributed by atoms with Gasteiger partial charge in [0.2, 0.25) is 0 Å². The van der Waals surface area contributed by atoms with Gasteiger partial charge in [-0.05, 0) is 49.6 Å². The highest BCUT2D eigenvalue weighted by Gasteiger charge is 2.18. The van der Waals surface area contributed by atoms with Crippen LogP contribution < -0.4 is 4.18 Å². The van der Waals surface area contributed by atoms with Gasteiger partial charge in [0.05, 0.1) is 5.75 Å². The second-order valence-electron chi connectivity index (χ2n) is 7.02. The van der Waals surface area contributed by atoms with E-state index in [0.29, 0.717) is 24.6 Å². The standard InChI is InChI=1S/C21H27NO4S/c1-5-27(24,25)26-20-8-6-7-18(13-20)15-22(14-16(2)3)21(23)19-11-9-17(4)10-12-19/h6-13,16H,5,14-15H2,1-4H3. The van der Waals surface area contributed by atoms with E-state index in [-0.39, 0.29) is 17.4 Å². The summed E-state index contributed by atoms with van der Waals surface area (Å²) in [5, 5.41) is 0. The maximum absolute atomic E-state index is 13.0. The number of carbonyl (C=O) groups is 1. The van der Waals surface area contributed by atoms with Crippen molar-refractivity contribution in [2.45, 2.75) is 34.2 Å². The Bertz CT molecular complexity index is 873. The Morgan fingerprint density at radius 1 is 1.11 bits per heavy atom. The van der Waals surface area contributed by atoms with E-state index in [0.717, 1.165) is 11.1 Å². The molecule has 0 radical (unpaired) electrons. The second kappa shape index (κ2) is 9.04. The highest BCUT2D eigenvalue weighted by Crippen LogP contribution is 2.19. The lowest BCUT2D eigenvalue weighted by Crippen LogP contribution is -2.33. The van der Waals surface area contributed by atoms with Crippen molar-refractivity contribution in [1.82, 2.24) is 4.90 Å². The molecule has 0 aliphatic rings. The number of hydrogen-bond acceptors (Lipinski definition) is 4. The number of benzene rings is 2. The average molecular weight is 390 g/mol. The minimum atomic E-state index is -3.58. The number of hydrogen-bond donors (Lipinski definition) is 0. The summed E-state index contributed by atoms with van der Waals surface area (Å²) in [5.74, 6) is 0.430. The third-order valence-electron chi connectivity index (χ3n) is 4.02. The van der Waals surface area contributed by atoms with Crippen molar-refractivity contribution >= 4 is 16.0 Å². The molecule has 0 unspecified atom stereocenters. The number of amides is 1. The van der Waals surface area contributed by atoms with Crippen LogP contribution >= 0.6 is 0 Å². The molecule has 2 aromatic carbocycles. The van der Waals surface area contributed by atoms with Crippen molar-refractivity contribution in [2.24, 2.45) is 5.92 Å². The van der Waals surface area contributed by atoms with Gasteiger partial charge in [-0.25, -0.2) is 0 Å². The first-order chi connectivity index (χ1) is 12.7. The quantitative estimate of drug-likeness (QED) is 0.640. The van der Waals surface area contributed by atoms with Crippen molar-refractivity contribution < 1.29 is 17.4 Å². The van der Waals surface area contributed by atoms with Gasteiger partial charge < -0.3 is 9.08 Å². The Labute approximate surface area is 162 Å². The van der Waals surface area contributed by atoms with Gasteiger partial charge in [0, 0.05) is 18.7 Å². The van der Waals surface area contributed by atoms with E-state index in [2.05, 4.69) is 13.8 Å². The zero-order valence-corrected chi connectivity index (χ0v) is 17.1. The fourth-order valence-electron chi connectivity index (χ4n) is 2.66. The molecule has 27 heavy (non-hydrogen) atoms. The van der Waals surface area contributed by atoms with Gasteiger partial charge in [-0.2, -0.15) is 8.42 Å². The predicted molar refractivity (Wildman–Crippen MR) is 107 cm³/mol. The first-order valence-corrected chi connectivity index (χ1v) is 10.6. The van der Waals surface area contributed by atoms with Crippen molar-refractivity contribution in [3.8, 4) is 5.75 Å². The van der Waals surface area contributed by atoms with E-state index in [4.69, 9.17) is 4.18 Å². The molecule has 0 heterocycles. The minimum absolute atomic E-state index is 0.0452. The van der Waals surface area contributed by atoms with Crippen LogP contribution in [0.2, 0.25) is 0 Å². The van der Waals surface area contributed by atoms with Crippen LogP contribution in [0.15, 0.2) is 48.5 Å². The zero-order valence-electron chi connectivity index (χ0n) is 16.3. The molecule has 0 aliphatic carbocycles. The molecule has 0 aromatic heterocycles. The van der Waals surface area contributed by atoms with Crippen LogP contribution in [-0.4, -0.2) is 31.5 Å². The van der Waals surface area contributed by atoms with Gasteiger partial charge in [0.25, 0.3) is 5.91 Å². The summed E-state index contributed by atoms with van der Waals surface area (Å²) in [6.07, 6.45) is 0. The Balaban J connectivity index is 2.23. The average Bonchev–Trinajstić information content (AvgIpc) is 2.61. The highest BCUT2D eigenvalue weighted by molar-refractivity contribution is 7.87. The monoisotopic (exact) mass is 389 g/mol. The van der Waals surface area contributed by atoms with Crippen LogP contribution in [0, 0.1) is 12.8 Å². The summed E-state index contributed by atoms with van der Waals surface area (Å²) in [6, 6.07) is 14.4. The molecule has 5 nitrogen and oxygen atoms in total. The highest BCUT2D eigenvalue weighted by atomic mass is 32.2. The van der Waals surface area contributed by atoms with Crippen molar-refractivity contribution in [3.63, 3.8) is 0 Å². The smallest absolute Gasteiger partial charge is 0.308 e. The Hall–Kier alpha value is -2.34. The molecule has 2 rings (SSSR count). The van der Waals surface area contributed by atoms with E-state index in [1.807, 2.05) is 37.3 Å². The van der Waals surface area contributed by atoms with Crippen LogP contribution in [0.1, 0.15) is 42.3 Å². The third-order valence-corrected chi connectivity index (χ3v) is 5.17. The molecule has 0 saturated heterocycles. The number of nitrogens with zero attached hydrogens (tertiary/aromatic N) is 1. The van der Waals surface area contributed by atoms with Crippen LogP contribution in [0.5, 0.6) is 5.75 Å².